The number of aromatic amines is 1. The molecular formula is C17H19N3O5S. The second-order valence-corrected chi connectivity index (χ2v) is 7.62. The fraction of sp³-hybridized carbons (Fsp3) is 0.294. The summed E-state index contributed by atoms with van der Waals surface area (Å²) in [7, 11) is -2.23. The molecule has 3 aromatic rings. The minimum absolute atomic E-state index is 0.0566. The summed E-state index contributed by atoms with van der Waals surface area (Å²) in [4.78, 5) is 18.0. The summed E-state index contributed by atoms with van der Waals surface area (Å²) in [5.74, 6) is -0.625. The van der Waals surface area contributed by atoms with Gasteiger partial charge in [0.05, 0.1) is 22.7 Å². The van der Waals surface area contributed by atoms with Crippen LogP contribution in [0, 0.1) is 0 Å². The van der Waals surface area contributed by atoms with Crippen molar-refractivity contribution in [3.8, 4) is 0 Å². The summed E-state index contributed by atoms with van der Waals surface area (Å²) in [5, 5.41) is 0. The average molecular weight is 377 g/mol. The van der Waals surface area contributed by atoms with E-state index in [0.717, 1.165) is 0 Å². The van der Waals surface area contributed by atoms with Crippen LogP contribution in [0.2, 0.25) is 0 Å². The number of fused-ring (bicyclic) bond motifs is 1. The summed E-state index contributed by atoms with van der Waals surface area (Å²) >= 11 is 0. The topological polar surface area (TPSA) is 105 Å². The normalized spacial score (nSPS) is 12.1. The van der Waals surface area contributed by atoms with Gasteiger partial charge >= 0.3 is 5.76 Å². The molecular weight excluding hydrogens is 358 g/mol. The predicted molar refractivity (Wildman–Crippen MR) is 95.2 cm³/mol. The van der Waals surface area contributed by atoms with Crippen molar-refractivity contribution in [3.63, 3.8) is 0 Å². The number of hydrogen-bond acceptors (Lipinski definition) is 6. The molecule has 0 saturated carbocycles. The number of hydrogen-bond donors (Lipinski definition) is 1. The average Bonchev–Trinajstić information content (AvgIpc) is 3.01. The molecule has 0 spiro atoms. The Morgan fingerprint density at radius 2 is 2.12 bits per heavy atom. The summed E-state index contributed by atoms with van der Waals surface area (Å²) < 4.78 is 37.6. The van der Waals surface area contributed by atoms with Crippen LogP contribution < -0.4 is 5.76 Å². The molecule has 1 aromatic carbocycles. The van der Waals surface area contributed by atoms with Gasteiger partial charge in [-0.3, -0.25) is 9.97 Å². The second kappa shape index (κ2) is 7.81. The lowest BCUT2D eigenvalue weighted by Crippen LogP contribution is -2.32. The van der Waals surface area contributed by atoms with Gasteiger partial charge < -0.3 is 9.15 Å². The number of nitrogens with one attached hydrogen (secondary N) is 1. The lowest BCUT2D eigenvalue weighted by molar-refractivity contribution is 0.186. The molecule has 0 amide bonds. The number of oxazole rings is 1. The van der Waals surface area contributed by atoms with Gasteiger partial charge in [0.1, 0.15) is 0 Å². The maximum absolute atomic E-state index is 13.1. The number of rotatable bonds is 8. The van der Waals surface area contributed by atoms with Gasteiger partial charge in [-0.1, -0.05) is 6.07 Å². The molecule has 0 bridgehead atoms. The predicted octanol–water partition coefficient (Wildman–Crippen LogP) is 1.74. The van der Waals surface area contributed by atoms with Gasteiger partial charge in [-0.05, 0) is 30.7 Å². The van der Waals surface area contributed by atoms with E-state index in [1.807, 2.05) is 6.07 Å². The van der Waals surface area contributed by atoms with Gasteiger partial charge in [0, 0.05) is 32.5 Å². The van der Waals surface area contributed by atoms with E-state index in [1.54, 1.807) is 25.4 Å². The van der Waals surface area contributed by atoms with Gasteiger partial charge in [0.25, 0.3) is 0 Å². The van der Waals surface area contributed by atoms with Crippen LogP contribution >= 0.6 is 0 Å². The van der Waals surface area contributed by atoms with Crippen molar-refractivity contribution < 1.29 is 17.6 Å². The molecule has 0 aliphatic rings. The molecule has 0 aliphatic heterocycles. The Hall–Kier alpha value is -2.49. The number of benzene rings is 1. The van der Waals surface area contributed by atoms with Gasteiger partial charge in [-0.25, -0.2) is 13.2 Å². The second-order valence-electron chi connectivity index (χ2n) is 5.68. The monoisotopic (exact) mass is 377 g/mol. The van der Waals surface area contributed by atoms with Gasteiger partial charge in [0.2, 0.25) is 10.0 Å². The Morgan fingerprint density at radius 1 is 1.27 bits per heavy atom. The molecule has 0 unspecified atom stereocenters. The van der Waals surface area contributed by atoms with Crippen LogP contribution in [0.5, 0.6) is 0 Å². The zero-order valence-corrected chi connectivity index (χ0v) is 15.0. The third-order valence-corrected chi connectivity index (χ3v) is 5.69. The minimum atomic E-state index is -3.80. The third-order valence-electron chi connectivity index (χ3n) is 3.85. The summed E-state index contributed by atoms with van der Waals surface area (Å²) in [6, 6.07) is 9.67. The van der Waals surface area contributed by atoms with Gasteiger partial charge in [0.15, 0.2) is 5.58 Å². The zero-order valence-electron chi connectivity index (χ0n) is 14.2. The standard InChI is InChI=1S/C17H19N3O5S/c1-24-10-4-9-20(12-13-5-2-3-8-18-13)26(22,23)14-6-7-15-16(11-14)25-17(21)19-15/h2-3,5-8,11H,4,9-10,12H2,1H3,(H,19,21). The van der Waals surface area contributed by atoms with Crippen LogP contribution in [0.4, 0.5) is 0 Å². The quantitative estimate of drug-likeness (QED) is 0.600. The van der Waals surface area contributed by atoms with Crippen molar-refractivity contribution in [2.75, 3.05) is 20.3 Å². The van der Waals surface area contributed by atoms with Crippen LogP contribution in [-0.4, -0.2) is 43.0 Å². The Balaban J connectivity index is 1.94. The minimum Gasteiger partial charge on any atom is -0.408 e. The highest BCUT2D eigenvalue weighted by atomic mass is 32.2. The van der Waals surface area contributed by atoms with E-state index in [2.05, 4.69) is 9.97 Å². The van der Waals surface area contributed by atoms with Crippen molar-refractivity contribution in [2.45, 2.75) is 17.9 Å². The van der Waals surface area contributed by atoms with Crippen LogP contribution in [0.15, 0.2) is 56.7 Å². The Kier molecular flexibility index (Phi) is 5.50. The van der Waals surface area contributed by atoms with E-state index < -0.39 is 15.8 Å². The molecule has 8 nitrogen and oxygen atoms in total. The lowest BCUT2D eigenvalue weighted by Gasteiger charge is -2.21. The Morgan fingerprint density at radius 3 is 2.85 bits per heavy atom. The molecule has 0 saturated heterocycles. The highest BCUT2D eigenvalue weighted by Gasteiger charge is 2.25. The fourth-order valence-electron chi connectivity index (χ4n) is 2.58. The van der Waals surface area contributed by atoms with Gasteiger partial charge in [-0.2, -0.15) is 4.31 Å². The number of aromatic nitrogens is 2. The summed E-state index contributed by atoms with van der Waals surface area (Å²) in [6.07, 6.45) is 2.17. The van der Waals surface area contributed by atoms with Crippen LogP contribution in [0.25, 0.3) is 11.1 Å². The number of pyridine rings is 1. The van der Waals surface area contributed by atoms with Crippen molar-refractivity contribution in [1.29, 1.82) is 0 Å². The van der Waals surface area contributed by atoms with E-state index >= 15 is 0 Å². The molecule has 0 aliphatic carbocycles. The van der Waals surface area contributed by atoms with Crippen molar-refractivity contribution in [1.82, 2.24) is 14.3 Å². The summed E-state index contributed by atoms with van der Waals surface area (Å²) in [5.41, 5.74) is 1.29. The maximum Gasteiger partial charge on any atom is 0.417 e. The Bertz CT molecular complexity index is 1030. The molecule has 1 N–H and O–H groups in total. The van der Waals surface area contributed by atoms with Crippen LogP contribution in [0.1, 0.15) is 12.1 Å². The number of H-pyrrole nitrogens is 1. The van der Waals surface area contributed by atoms with E-state index in [1.165, 1.54) is 22.5 Å². The third kappa shape index (κ3) is 4.01. The van der Waals surface area contributed by atoms with Crippen LogP contribution in [-0.2, 0) is 21.3 Å². The number of nitrogens with zero attached hydrogens (tertiary/aromatic N) is 2. The Labute approximate surface area is 150 Å². The molecule has 2 aromatic heterocycles. The number of sulfonamides is 1. The summed E-state index contributed by atoms with van der Waals surface area (Å²) in [6.45, 7) is 0.865. The van der Waals surface area contributed by atoms with Gasteiger partial charge in [-0.15, -0.1) is 0 Å². The van der Waals surface area contributed by atoms with E-state index in [4.69, 9.17) is 9.15 Å². The molecule has 26 heavy (non-hydrogen) atoms. The first-order valence-corrected chi connectivity index (χ1v) is 9.46. The number of ether oxygens (including phenoxy) is 1. The first-order valence-electron chi connectivity index (χ1n) is 8.02. The van der Waals surface area contributed by atoms with Crippen molar-refractivity contribution in [3.05, 3.63) is 58.8 Å². The zero-order chi connectivity index (χ0) is 18.6. The smallest absolute Gasteiger partial charge is 0.408 e. The van der Waals surface area contributed by atoms with Crippen LogP contribution in [0.3, 0.4) is 0 Å². The molecule has 0 fully saturated rings. The molecule has 138 valence electrons. The molecule has 0 atom stereocenters. The highest BCUT2D eigenvalue weighted by molar-refractivity contribution is 7.89. The van der Waals surface area contributed by atoms with E-state index in [-0.39, 0.29) is 23.6 Å². The lowest BCUT2D eigenvalue weighted by atomic mass is 10.3. The number of methoxy groups -OCH3 is 1. The van der Waals surface area contributed by atoms with E-state index in [0.29, 0.717) is 24.2 Å². The largest absolute Gasteiger partial charge is 0.417 e. The first-order chi connectivity index (χ1) is 12.5. The molecule has 3 rings (SSSR count). The first kappa shape index (κ1) is 18.3. The maximum atomic E-state index is 13.1. The molecule has 2 heterocycles. The van der Waals surface area contributed by atoms with Crippen molar-refractivity contribution >= 4 is 21.1 Å². The van der Waals surface area contributed by atoms with E-state index in [9.17, 15) is 13.2 Å². The SMILES string of the molecule is COCCCN(Cc1ccccn1)S(=O)(=O)c1ccc2[nH]c(=O)oc2c1. The highest BCUT2D eigenvalue weighted by Crippen LogP contribution is 2.22. The molecule has 9 heteroatoms. The molecule has 0 radical (unpaired) electrons. The van der Waals surface area contributed by atoms with Crippen molar-refractivity contribution in [2.24, 2.45) is 0 Å². The fourth-order valence-corrected chi connectivity index (χ4v) is 4.04.